The number of esters is 1. The van der Waals surface area contributed by atoms with Crippen molar-refractivity contribution in [2.45, 2.75) is 13.2 Å². The molecule has 0 amide bonds. The molecule has 9 nitrogen and oxygen atoms in total. The van der Waals surface area contributed by atoms with Crippen LogP contribution in [0.1, 0.15) is 21.9 Å². The summed E-state index contributed by atoms with van der Waals surface area (Å²) < 4.78 is 10.7. The van der Waals surface area contributed by atoms with Crippen molar-refractivity contribution in [2.75, 3.05) is 11.5 Å². The SMILES string of the molecule is Nc1nc(N)nc(COC(=O)c2ccc(OCc3cscn3)cc2)n1. The Balaban J connectivity index is 1.55. The smallest absolute Gasteiger partial charge is 0.338 e. The number of aromatic nitrogens is 4. The molecule has 1 aromatic carbocycles. The second-order valence-corrected chi connectivity index (χ2v) is 5.56. The van der Waals surface area contributed by atoms with Gasteiger partial charge < -0.3 is 20.9 Å². The molecule has 128 valence electrons. The number of carbonyl (C=O) groups excluding carboxylic acids is 1. The van der Waals surface area contributed by atoms with Crippen LogP contribution >= 0.6 is 11.3 Å². The Labute approximate surface area is 146 Å². The van der Waals surface area contributed by atoms with Crippen LogP contribution in [-0.4, -0.2) is 25.9 Å². The normalized spacial score (nSPS) is 10.4. The van der Waals surface area contributed by atoms with Gasteiger partial charge in [0.25, 0.3) is 0 Å². The first kappa shape index (κ1) is 16.6. The predicted octanol–water partition coefficient (Wildman–Crippen LogP) is 1.43. The zero-order chi connectivity index (χ0) is 17.6. The van der Waals surface area contributed by atoms with Crippen molar-refractivity contribution in [3.05, 3.63) is 52.2 Å². The van der Waals surface area contributed by atoms with Gasteiger partial charge in [0.2, 0.25) is 11.9 Å². The molecule has 25 heavy (non-hydrogen) atoms. The van der Waals surface area contributed by atoms with Gasteiger partial charge in [-0.05, 0) is 24.3 Å². The first-order valence-corrected chi connectivity index (χ1v) is 8.07. The van der Waals surface area contributed by atoms with E-state index in [1.165, 1.54) is 11.3 Å². The Morgan fingerprint density at radius 1 is 1.04 bits per heavy atom. The number of hydrogen-bond donors (Lipinski definition) is 2. The van der Waals surface area contributed by atoms with Gasteiger partial charge in [-0.15, -0.1) is 11.3 Å². The first-order chi connectivity index (χ1) is 12.1. The Hall–Kier alpha value is -3.27. The molecule has 0 saturated carbocycles. The van der Waals surface area contributed by atoms with Crippen molar-refractivity contribution in [3.8, 4) is 5.75 Å². The second-order valence-electron chi connectivity index (χ2n) is 4.84. The predicted molar refractivity (Wildman–Crippen MR) is 90.7 cm³/mol. The lowest BCUT2D eigenvalue weighted by Gasteiger charge is -2.07. The van der Waals surface area contributed by atoms with Gasteiger partial charge in [0, 0.05) is 5.38 Å². The molecule has 3 rings (SSSR count). The van der Waals surface area contributed by atoms with Gasteiger partial charge in [-0.1, -0.05) is 0 Å². The number of benzene rings is 1. The highest BCUT2D eigenvalue weighted by molar-refractivity contribution is 7.07. The third-order valence-electron chi connectivity index (χ3n) is 3.01. The number of thiazole rings is 1. The van der Waals surface area contributed by atoms with E-state index in [4.69, 9.17) is 20.9 Å². The van der Waals surface area contributed by atoms with E-state index in [0.717, 1.165) is 5.69 Å². The maximum absolute atomic E-state index is 12.0. The Morgan fingerprint density at radius 3 is 2.40 bits per heavy atom. The van der Waals surface area contributed by atoms with E-state index in [2.05, 4.69) is 19.9 Å². The van der Waals surface area contributed by atoms with Crippen LogP contribution in [0.4, 0.5) is 11.9 Å². The molecule has 2 aromatic heterocycles. The molecular formula is C15H14N6O3S. The molecule has 10 heteroatoms. The van der Waals surface area contributed by atoms with Gasteiger partial charge in [0.05, 0.1) is 16.8 Å². The number of carbonyl (C=O) groups is 1. The summed E-state index contributed by atoms with van der Waals surface area (Å²) in [6.07, 6.45) is 0. The fourth-order valence-corrected chi connectivity index (χ4v) is 2.43. The van der Waals surface area contributed by atoms with Crippen molar-refractivity contribution >= 4 is 29.2 Å². The van der Waals surface area contributed by atoms with E-state index in [1.807, 2.05) is 5.38 Å². The van der Waals surface area contributed by atoms with Gasteiger partial charge in [-0.25, -0.2) is 9.78 Å². The monoisotopic (exact) mass is 358 g/mol. The zero-order valence-electron chi connectivity index (χ0n) is 13.0. The number of anilines is 2. The highest BCUT2D eigenvalue weighted by atomic mass is 32.1. The van der Waals surface area contributed by atoms with Crippen LogP contribution in [0.25, 0.3) is 0 Å². The third-order valence-corrected chi connectivity index (χ3v) is 3.64. The molecule has 0 fully saturated rings. The molecule has 0 aliphatic carbocycles. The number of ether oxygens (including phenoxy) is 2. The number of hydrogen-bond acceptors (Lipinski definition) is 10. The number of nitrogens with zero attached hydrogens (tertiary/aromatic N) is 4. The van der Waals surface area contributed by atoms with Crippen molar-refractivity contribution < 1.29 is 14.3 Å². The second kappa shape index (κ2) is 7.53. The number of nitrogens with two attached hydrogens (primary N) is 2. The quantitative estimate of drug-likeness (QED) is 0.626. The number of nitrogen functional groups attached to an aromatic ring is 2. The Kier molecular flexibility index (Phi) is 5.00. The Bertz CT molecular complexity index is 834. The highest BCUT2D eigenvalue weighted by Gasteiger charge is 2.10. The molecule has 0 saturated heterocycles. The van der Waals surface area contributed by atoms with E-state index >= 15 is 0 Å². The van der Waals surface area contributed by atoms with Crippen molar-refractivity contribution in [1.29, 1.82) is 0 Å². The molecule has 0 aliphatic heterocycles. The summed E-state index contributed by atoms with van der Waals surface area (Å²) in [5.41, 5.74) is 13.9. The molecule has 0 spiro atoms. The van der Waals surface area contributed by atoms with Gasteiger partial charge in [-0.3, -0.25) is 0 Å². The van der Waals surface area contributed by atoms with Gasteiger partial charge in [0.1, 0.15) is 12.4 Å². The molecule has 4 N–H and O–H groups in total. The lowest BCUT2D eigenvalue weighted by molar-refractivity contribution is 0.0462. The molecule has 0 unspecified atom stereocenters. The molecule has 0 bridgehead atoms. The third kappa shape index (κ3) is 4.61. The minimum absolute atomic E-state index is 0.0276. The average molecular weight is 358 g/mol. The maximum atomic E-state index is 12.0. The summed E-state index contributed by atoms with van der Waals surface area (Å²) in [7, 11) is 0. The Morgan fingerprint density at radius 2 is 1.76 bits per heavy atom. The van der Waals surface area contributed by atoms with Crippen LogP contribution in [0, 0.1) is 0 Å². The van der Waals surface area contributed by atoms with Gasteiger partial charge >= 0.3 is 5.97 Å². The van der Waals surface area contributed by atoms with Crippen molar-refractivity contribution in [3.63, 3.8) is 0 Å². The number of rotatable bonds is 6. The fourth-order valence-electron chi connectivity index (χ4n) is 1.89. The summed E-state index contributed by atoms with van der Waals surface area (Å²) in [5.74, 6) is 0.230. The maximum Gasteiger partial charge on any atom is 0.338 e. The minimum Gasteiger partial charge on any atom is -0.487 e. The van der Waals surface area contributed by atoms with E-state index in [-0.39, 0.29) is 24.3 Å². The molecule has 0 atom stereocenters. The van der Waals surface area contributed by atoms with Gasteiger partial charge in [-0.2, -0.15) is 15.0 Å². The van der Waals surface area contributed by atoms with Gasteiger partial charge in [0.15, 0.2) is 12.4 Å². The molecule has 0 radical (unpaired) electrons. The highest BCUT2D eigenvalue weighted by Crippen LogP contribution is 2.15. The van der Waals surface area contributed by atoms with E-state index < -0.39 is 5.97 Å². The average Bonchev–Trinajstić information content (AvgIpc) is 3.11. The lowest BCUT2D eigenvalue weighted by atomic mass is 10.2. The zero-order valence-corrected chi connectivity index (χ0v) is 13.8. The fraction of sp³-hybridized carbons (Fsp3) is 0.133. The topological polar surface area (TPSA) is 139 Å². The van der Waals surface area contributed by atoms with E-state index in [9.17, 15) is 4.79 Å². The van der Waals surface area contributed by atoms with Crippen molar-refractivity contribution in [2.24, 2.45) is 0 Å². The van der Waals surface area contributed by atoms with Crippen LogP contribution in [0.2, 0.25) is 0 Å². The summed E-state index contributed by atoms with van der Waals surface area (Å²) in [4.78, 5) is 27.5. The summed E-state index contributed by atoms with van der Waals surface area (Å²) in [6.45, 7) is 0.216. The molecule has 0 aliphatic rings. The standard InChI is InChI=1S/C15H14N6O3S/c16-14-19-12(20-15(17)21-14)6-24-13(22)9-1-3-11(4-2-9)23-5-10-7-25-8-18-10/h1-4,7-8H,5-6H2,(H4,16,17,19,20,21). The molecule has 3 aromatic rings. The van der Waals surface area contributed by atoms with Crippen molar-refractivity contribution in [1.82, 2.24) is 19.9 Å². The summed E-state index contributed by atoms with van der Waals surface area (Å²) >= 11 is 1.50. The minimum atomic E-state index is -0.524. The lowest BCUT2D eigenvalue weighted by Crippen LogP contribution is -2.11. The summed E-state index contributed by atoms with van der Waals surface area (Å²) in [6, 6.07) is 6.58. The molecule has 2 heterocycles. The van der Waals surface area contributed by atoms with Crippen LogP contribution < -0.4 is 16.2 Å². The van der Waals surface area contributed by atoms with Crippen LogP contribution in [0.3, 0.4) is 0 Å². The van der Waals surface area contributed by atoms with Crippen LogP contribution in [-0.2, 0) is 18.0 Å². The largest absolute Gasteiger partial charge is 0.487 e. The molecular weight excluding hydrogens is 344 g/mol. The van der Waals surface area contributed by atoms with Crippen LogP contribution in [0.5, 0.6) is 5.75 Å². The van der Waals surface area contributed by atoms with Crippen LogP contribution in [0.15, 0.2) is 35.2 Å². The van der Waals surface area contributed by atoms with E-state index in [1.54, 1.807) is 29.8 Å². The first-order valence-electron chi connectivity index (χ1n) is 7.13. The summed E-state index contributed by atoms with van der Waals surface area (Å²) in [5, 5.41) is 1.91. The van der Waals surface area contributed by atoms with E-state index in [0.29, 0.717) is 17.9 Å².